The molecule has 1 heterocycles. The summed E-state index contributed by atoms with van der Waals surface area (Å²) in [5.41, 5.74) is 0.256. The van der Waals surface area contributed by atoms with Crippen molar-refractivity contribution in [1.29, 1.82) is 0 Å². The molecule has 118 valence electrons. The summed E-state index contributed by atoms with van der Waals surface area (Å²) in [5, 5.41) is 5.13. The van der Waals surface area contributed by atoms with Crippen LogP contribution < -0.4 is 5.14 Å². The molecule has 0 atom stereocenters. The van der Waals surface area contributed by atoms with Gasteiger partial charge in [0.2, 0.25) is 10.0 Å². The molecule has 6 nitrogen and oxygen atoms in total. The first-order valence-electron chi connectivity index (χ1n) is 7.35. The molecule has 1 aromatic rings. The minimum absolute atomic E-state index is 0.0495. The van der Waals surface area contributed by atoms with Crippen molar-refractivity contribution in [3.63, 3.8) is 0 Å². The molecule has 2 N–H and O–H groups in total. The molecule has 1 aliphatic rings. The van der Waals surface area contributed by atoms with Gasteiger partial charge in [0.1, 0.15) is 16.7 Å². The van der Waals surface area contributed by atoms with E-state index < -0.39 is 16.0 Å². The smallest absolute Gasteiger partial charge is 0.355 e. The monoisotopic (exact) mass is 314 g/mol. The lowest BCUT2D eigenvalue weighted by atomic mass is 9.98. The van der Waals surface area contributed by atoms with Crippen molar-refractivity contribution in [2.24, 2.45) is 5.14 Å². The van der Waals surface area contributed by atoms with Crippen LogP contribution in [-0.2, 0) is 21.3 Å². The molecule has 1 saturated carbocycles. The minimum Gasteiger partial charge on any atom is -0.458 e. The zero-order valence-electron chi connectivity index (χ0n) is 12.2. The number of rotatable bonds is 5. The SMILES string of the molecule is CCCn1cc(S(N)(=O)=O)cc1C(=O)OC1CCCCC1. The number of hydrogen-bond donors (Lipinski definition) is 1. The van der Waals surface area contributed by atoms with Crippen LogP contribution in [0, 0.1) is 0 Å². The number of nitrogens with two attached hydrogens (primary N) is 1. The molecule has 0 saturated heterocycles. The quantitative estimate of drug-likeness (QED) is 0.842. The number of carbonyl (C=O) groups is 1. The van der Waals surface area contributed by atoms with Gasteiger partial charge in [0.05, 0.1) is 0 Å². The third-order valence-electron chi connectivity index (χ3n) is 3.70. The Morgan fingerprint density at radius 1 is 1.38 bits per heavy atom. The molecule has 1 aromatic heterocycles. The van der Waals surface area contributed by atoms with Gasteiger partial charge >= 0.3 is 5.97 Å². The van der Waals surface area contributed by atoms with Crippen molar-refractivity contribution in [3.8, 4) is 0 Å². The van der Waals surface area contributed by atoms with E-state index in [9.17, 15) is 13.2 Å². The largest absolute Gasteiger partial charge is 0.458 e. The molecular weight excluding hydrogens is 292 g/mol. The van der Waals surface area contributed by atoms with E-state index in [0.717, 1.165) is 32.1 Å². The summed E-state index contributed by atoms with van der Waals surface area (Å²) < 4.78 is 30.0. The van der Waals surface area contributed by atoms with E-state index in [1.54, 1.807) is 4.57 Å². The summed E-state index contributed by atoms with van der Waals surface area (Å²) in [6, 6.07) is 1.30. The van der Waals surface area contributed by atoms with Gasteiger partial charge < -0.3 is 9.30 Å². The van der Waals surface area contributed by atoms with Crippen LogP contribution in [0.25, 0.3) is 0 Å². The van der Waals surface area contributed by atoms with Crippen molar-refractivity contribution in [2.75, 3.05) is 0 Å². The highest BCUT2D eigenvalue weighted by atomic mass is 32.2. The molecule has 21 heavy (non-hydrogen) atoms. The molecule has 0 unspecified atom stereocenters. The Labute approximate surface area is 125 Å². The van der Waals surface area contributed by atoms with Crippen LogP contribution in [0.1, 0.15) is 55.9 Å². The minimum atomic E-state index is -3.82. The Balaban J connectivity index is 2.20. The van der Waals surface area contributed by atoms with Crippen LogP contribution in [-0.4, -0.2) is 25.1 Å². The fraction of sp³-hybridized carbons (Fsp3) is 0.643. The zero-order chi connectivity index (χ0) is 15.5. The molecule has 0 bridgehead atoms. The molecule has 0 radical (unpaired) electrons. The van der Waals surface area contributed by atoms with Crippen LogP contribution in [0.5, 0.6) is 0 Å². The highest BCUT2D eigenvalue weighted by Gasteiger charge is 2.23. The summed E-state index contributed by atoms with van der Waals surface area (Å²) in [6.07, 6.45) is 7.18. The van der Waals surface area contributed by atoms with Gasteiger partial charge in [0.15, 0.2) is 0 Å². The van der Waals surface area contributed by atoms with Crippen molar-refractivity contribution in [1.82, 2.24) is 4.57 Å². The third-order valence-corrected chi connectivity index (χ3v) is 4.58. The van der Waals surface area contributed by atoms with Crippen molar-refractivity contribution < 1.29 is 17.9 Å². The number of esters is 1. The maximum Gasteiger partial charge on any atom is 0.355 e. The first-order valence-corrected chi connectivity index (χ1v) is 8.90. The van der Waals surface area contributed by atoms with Crippen molar-refractivity contribution >= 4 is 16.0 Å². The second kappa shape index (κ2) is 6.62. The van der Waals surface area contributed by atoms with E-state index in [1.807, 2.05) is 6.92 Å². The van der Waals surface area contributed by atoms with Crippen LogP contribution in [0.3, 0.4) is 0 Å². The molecule has 0 aromatic carbocycles. The lowest BCUT2D eigenvalue weighted by molar-refractivity contribution is 0.0199. The Morgan fingerprint density at radius 2 is 2.05 bits per heavy atom. The standard InChI is InChI=1S/C14H22N2O4S/c1-2-8-16-10-12(21(15,18)19)9-13(16)14(17)20-11-6-4-3-5-7-11/h9-11H,2-8H2,1H3,(H2,15,18,19). The average molecular weight is 314 g/mol. The summed E-state index contributed by atoms with van der Waals surface area (Å²) in [4.78, 5) is 12.2. The molecule has 1 fully saturated rings. The van der Waals surface area contributed by atoms with Crippen LogP contribution in [0.4, 0.5) is 0 Å². The van der Waals surface area contributed by atoms with E-state index in [0.29, 0.717) is 6.54 Å². The molecule has 0 aliphatic heterocycles. The topological polar surface area (TPSA) is 91.4 Å². The number of aromatic nitrogens is 1. The summed E-state index contributed by atoms with van der Waals surface area (Å²) in [6.45, 7) is 2.50. The summed E-state index contributed by atoms with van der Waals surface area (Å²) in [5.74, 6) is -0.467. The van der Waals surface area contributed by atoms with Crippen LogP contribution in [0.15, 0.2) is 17.2 Å². The molecule has 2 rings (SSSR count). The summed E-state index contributed by atoms with van der Waals surface area (Å²) in [7, 11) is -3.82. The number of sulfonamides is 1. The van der Waals surface area contributed by atoms with E-state index in [1.165, 1.54) is 18.7 Å². The van der Waals surface area contributed by atoms with E-state index in [-0.39, 0.29) is 16.7 Å². The van der Waals surface area contributed by atoms with E-state index >= 15 is 0 Å². The lowest BCUT2D eigenvalue weighted by Gasteiger charge is -2.22. The number of aryl methyl sites for hydroxylation is 1. The Hall–Kier alpha value is -1.34. The van der Waals surface area contributed by atoms with Gasteiger partial charge in [-0.1, -0.05) is 13.3 Å². The number of carbonyl (C=O) groups excluding carboxylic acids is 1. The van der Waals surface area contributed by atoms with Crippen molar-refractivity contribution in [2.45, 2.75) is 63.0 Å². The van der Waals surface area contributed by atoms with Gasteiger partial charge in [-0.05, 0) is 38.2 Å². The molecule has 1 aliphatic carbocycles. The number of primary sulfonamides is 1. The average Bonchev–Trinajstić information content (AvgIpc) is 2.84. The highest BCUT2D eigenvalue weighted by Crippen LogP contribution is 2.22. The van der Waals surface area contributed by atoms with Gasteiger partial charge in [-0.25, -0.2) is 18.4 Å². The van der Waals surface area contributed by atoms with Crippen LogP contribution in [0.2, 0.25) is 0 Å². The normalized spacial score (nSPS) is 16.9. The predicted molar refractivity (Wildman–Crippen MR) is 78.4 cm³/mol. The van der Waals surface area contributed by atoms with Gasteiger partial charge in [-0.15, -0.1) is 0 Å². The fourth-order valence-electron chi connectivity index (χ4n) is 2.63. The maximum atomic E-state index is 12.3. The first-order chi connectivity index (χ1) is 9.91. The molecule has 0 spiro atoms. The number of hydrogen-bond acceptors (Lipinski definition) is 4. The van der Waals surface area contributed by atoms with Gasteiger partial charge in [-0.3, -0.25) is 0 Å². The second-order valence-electron chi connectivity index (χ2n) is 5.46. The third kappa shape index (κ3) is 4.07. The maximum absolute atomic E-state index is 12.3. The number of ether oxygens (including phenoxy) is 1. The van der Waals surface area contributed by atoms with Crippen LogP contribution >= 0.6 is 0 Å². The highest BCUT2D eigenvalue weighted by molar-refractivity contribution is 7.89. The zero-order valence-corrected chi connectivity index (χ0v) is 13.1. The van der Waals surface area contributed by atoms with Gasteiger partial charge in [-0.2, -0.15) is 0 Å². The second-order valence-corrected chi connectivity index (χ2v) is 7.03. The predicted octanol–water partition coefficient (Wildman–Crippen LogP) is 2.04. The van der Waals surface area contributed by atoms with Crippen molar-refractivity contribution in [3.05, 3.63) is 18.0 Å². The Bertz CT molecular complexity index is 600. The summed E-state index contributed by atoms with van der Waals surface area (Å²) >= 11 is 0. The first kappa shape index (κ1) is 16.0. The number of nitrogens with zero attached hydrogens (tertiary/aromatic N) is 1. The van der Waals surface area contributed by atoms with Gasteiger partial charge in [0.25, 0.3) is 0 Å². The van der Waals surface area contributed by atoms with Gasteiger partial charge in [0, 0.05) is 12.7 Å². The van der Waals surface area contributed by atoms with E-state index in [2.05, 4.69) is 0 Å². The molecular formula is C14H22N2O4S. The lowest BCUT2D eigenvalue weighted by Crippen LogP contribution is -2.22. The fourth-order valence-corrected chi connectivity index (χ4v) is 3.18. The Kier molecular flexibility index (Phi) is 5.05. The molecule has 7 heteroatoms. The Morgan fingerprint density at radius 3 is 2.62 bits per heavy atom. The van der Waals surface area contributed by atoms with E-state index in [4.69, 9.17) is 9.88 Å². The molecule has 0 amide bonds.